The fraction of sp³-hybridized carbons (Fsp3) is 0.429. The summed E-state index contributed by atoms with van der Waals surface area (Å²) < 4.78 is 5.53. The number of alkyl halides is 1. The number of allylic oxidation sites excluding steroid dienone is 2. The molecule has 0 bridgehead atoms. The summed E-state index contributed by atoms with van der Waals surface area (Å²) >= 11 is 5.65. The van der Waals surface area contributed by atoms with Crippen LogP contribution in [-0.4, -0.2) is 12.5 Å². The number of hydrogen-bond donors (Lipinski definition) is 0. The van der Waals surface area contributed by atoms with Crippen LogP contribution in [0.2, 0.25) is 0 Å². The van der Waals surface area contributed by atoms with Gasteiger partial charge in [-0.2, -0.15) is 0 Å². The Bertz CT molecular complexity index is 327. The van der Waals surface area contributed by atoms with Gasteiger partial charge in [-0.15, -0.1) is 11.6 Å². The highest BCUT2D eigenvalue weighted by atomic mass is 35.5. The summed E-state index contributed by atoms with van der Waals surface area (Å²) in [4.78, 5) is 0. The molecule has 0 saturated heterocycles. The van der Waals surface area contributed by atoms with Crippen LogP contribution in [0.1, 0.15) is 32.3 Å². The van der Waals surface area contributed by atoms with E-state index in [1.807, 2.05) is 12.1 Å². The van der Waals surface area contributed by atoms with Gasteiger partial charge >= 0.3 is 0 Å². The maximum Gasteiger partial charge on any atom is 0.119 e. The van der Waals surface area contributed by atoms with Crippen molar-refractivity contribution in [1.82, 2.24) is 0 Å². The van der Waals surface area contributed by atoms with Gasteiger partial charge in [0.15, 0.2) is 0 Å². The first-order chi connectivity index (χ1) is 7.77. The third-order valence-electron chi connectivity index (χ3n) is 2.34. The molecule has 88 valence electrons. The van der Waals surface area contributed by atoms with Crippen LogP contribution in [0, 0.1) is 0 Å². The van der Waals surface area contributed by atoms with Crippen molar-refractivity contribution in [2.45, 2.75) is 26.7 Å². The average Bonchev–Trinajstić information content (AvgIpc) is 2.34. The molecule has 0 spiro atoms. The zero-order valence-corrected chi connectivity index (χ0v) is 10.8. The molecule has 0 fully saturated rings. The highest BCUT2D eigenvalue weighted by Crippen LogP contribution is 2.19. The second kappa shape index (κ2) is 7.34. The number of benzene rings is 1. The van der Waals surface area contributed by atoms with E-state index in [0.717, 1.165) is 25.2 Å². The molecule has 2 heteroatoms. The molecule has 1 nitrogen and oxygen atoms in total. The predicted molar refractivity (Wildman–Crippen MR) is 71.2 cm³/mol. The van der Waals surface area contributed by atoms with Crippen LogP contribution in [-0.2, 0) is 0 Å². The molecular formula is C14H19ClO. The Morgan fingerprint density at radius 3 is 2.56 bits per heavy atom. The number of ether oxygens (including phenoxy) is 1. The van der Waals surface area contributed by atoms with E-state index in [4.69, 9.17) is 16.3 Å². The summed E-state index contributed by atoms with van der Waals surface area (Å²) in [6, 6.07) is 8.21. The number of hydrogen-bond acceptors (Lipinski definition) is 1. The first-order valence-electron chi connectivity index (χ1n) is 5.74. The van der Waals surface area contributed by atoms with Crippen LogP contribution in [0.5, 0.6) is 5.75 Å². The topological polar surface area (TPSA) is 9.23 Å². The summed E-state index contributed by atoms with van der Waals surface area (Å²) in [5.74, 6) is 1.62. The molecule has 1 aromatic carbocycles. The zero-order chi connectivity index (χ0) is 11.8. The van der Waals surface area contributed by atoms with Crippen LogP contribution in [0.15, 0.2) is 30.3 Å². The van der Waals surface area contributed by atoms with Crippen LogP contribution in [0.3, 0.4) is 0 Å². The van der Waals surface area contributed by atoms with Crippen molar-refractivity contribution in [1.29, 1.82) is 0 Å². The van der Waals surface area contributed by atoms with Crippen LogP contribution < -0.4 is 4.74 Å². The van der Waals surface area contributed by atoms with E-state index in [1.165, 1.54) is 11.1 Å². The van der Waals surface area contributed by atoms with Crippen molar-refractivity contribution in [2.24, 2.45) is 0 Å². The highest BCUT2D eigenvalue weighted by Gasteiger charge is 1.96. The van der Waals surface area contributed by atoms with Crippen LogP contribution in [0.4, 0.5) is 0 Å². The molecule has 16 heavy (non-hydrogen) atoms. The van der Waals surface area contributed by atoms with E-state index in [2.05, 4.69) is 32.1 Å². The van der Waals surface area contributed by atoms with Crippen molar-refractivity contribution in [3.63, 3.8) is 0 Å². The van der Waals surface area contributed by atoms with E-state index in [9.17, 15) is 0 Å². The molecular weight excluding hydrogens is 220 g/mol. The monoisotopic (exact) mass is 238 g/mol. The van der Waals surface area contributed by atoms with Gasteiger partial charge in [0.05, 0.1) is 6.61 Å². The molecule has 0 radical (unpaired) electrons. The molecule has 0 atom stereocenters. The van der Waals surface area contributed by atoms with Gasteiger partial charge in [-0.25, -0.2) is 0 Å². The Kier molecular flexibility index (Phi) is 6.02. The average molecular weight is 239 g/mol. The van der Waals surface area contributed by atoms with Crippen molar-refractivity contribution >= 4 is 17.2 Å². The van der Waals surface area contributed by atoms with Crippen molar-refractivity contribution in [2.75, 3.05) is 12.5 Å². The van der Waals surface area contributed by atoms with Gasteiger partial charge in [0.25, 0.3) is 0 Å². The Morgan fingerprint density at radius 2 is 2.00 bits per heavy atom. The lowest BCUT2D eigenvalue weighted by Gasteiger charge is -2.06. The Labute approximate surface area is 103 Å². The lowest BCUT2D eigenvalue weighted by molar-refractivity contribution is 0.317. The second-order valence-electron chi connectivity index (χ2n) is 3.74. The van der Waals surface area contributed by atoms with Crippen LogP contribution >= 0.6 is 11.6 Å². The molecule has 1 aromatic rings. The third-order valence-corrected chi connectivity index (χ3v) is 2.56. The van der Waals surface area contributed by atoms with Gasteiger partial charge in [0.2, 0.25) is 0 Å². The molecule has 0 heterocycles. The van der Waals surface area contributed by atoms with E-state index >= 15 is 0 Å². The summed E-state index contributed by atoms with van der Waals surface area (Å²) in [6.45, 7) is 4.99. The van der Waals surface area contributed by atoms with Gasteiger partial charge in [-0.3, -0.25) is 0 Å². The van der Waals surface area contributed by atoms with Gasteiger partial charge < -0.3 is 4.74 Å². The standard InChI is InChI=1S/C14H19ClO/c1-3-11-16-14-8-6-13(7-9-14)12(2)5-4-10-15/h5-9H,3-4,10-11H2,1-2H3. The molecule has 1 rings (SSSR count). The lowest BCUT2D eigenvalue weighted by atomic mass is 10.1. The molecule has 0 amide bonds. The normalized spacial score (nSPS) is 11.6. The largest absolute Gasteiger partial charge is 0.494 e. The van der Waals surface area contributed by atoms with Crippen molar-refractivity contribution in [3.8, 4) is 5.75 Å². The van der Waals surface area contributed by atoms with E-state index in [0.29, 0.717) is 5.88 Å². The summed E-state index contributed by atoms with van der Waals surface area (Å²) in [6.07, 6.45) is 4.12. The summed E-state index contributed by atoms with van der Waals surface area (Å²) in [5, 5.41) is 0. The molecule has 0 N–H and O–H groups in total. The Hall–Kier alpha value is -0.950. The predicted octanol–water partition coefficient (Wildman–Crippen LogP) is 4.51. The molecule has 0 saturated carbocycles. The number of halogens is 1. The Balaban J connectivity index is 2.63. The van der Waals surface area contributed by atoms with Crippen molar-refractivity contribution < 1.29 is 4.74 Å². The van der Waals surface area contributed by atoms with Gasteiger partial charge in [-0.1, -0.05) is 25.1 Å². The maximum absolute atomic E-state index is 5.65. The maximum atomic E-state index is 5.65. The molecule has 0 unspecified atom stereocenters. The van der Waals surface area contributed by atoms with E-state index in [-0.39, 0.29) is 0 Å². The summed E-state index contributed by atoms with van der Waals surface area (Å²) in [5.41, 5.74) is 2.50. The minimum Gasteiger partial charge on any atom is -0.494 e. The fourth-order valence-corrected chi connectivity index (χ4v) is 1.53. The van der Waals surface area contributed by atoms with Gasteiger partial charge in [0, 0.05) is 5.88 Å². The fourth-order valence-electron chi connectivity index (χ4n) is 1.42. The van der Waals surface area contributed by atoms with E-state index < -0.39 is 0 Å². The first kappa shape index (κ1) is 13.1. The van der Waals surface area contributed by atoms with Crippen molar-refractivity contribution in [3.05, 3.63) is 35.9 Å². The SMILES string of the molecule is CCCOc1ccc(C(C)=CCCCl)cc1. The molecule has 0 aliphatic heterocycles. The Morgan fingerprint density at radius 1 is 1.31 bits per heavy atom. The smallest absolute Gasteiger partial charge is 0.119 e. The summed E-state index contributed by atoms with van der Waals surface area (Å²) in [7, 11) is 0. The quantitative estimate of drug-likeness (QED) is 0.663. The van der Waals surface area contributed by atoms with Crippen LogP contribution in [0.25, 0.3) is 5.57 Å². The first-order valence-corrected chi connectivity index (χ1v) is 6.27. The lowest BCUT2D eigenvalue weighted by Crippen LogP contribution is -1.94. The second-order valence-corrected chi connectivity index (χ2v) is 4.12. The molecule has 0 aliphatic carbocycles. The third kappa shape index (κ3) is 4.28. The zero-order valence-electron chi connectivity index (χ0n) is 10.0. The number of rotatable bonds is 6. The van der Waals surface area contributed by atoms with Gasteiger partial charge in [0.1, 0.15) is 5.75 Å². The molecule has 0 aliphatic rings. The van der Waals surface area contributed by atoms with Gasteiger partial charge in [-0.05, 0) is 43.0 Å². The highest BCUT2D eigenvalue weighted by molar-refractivity contribution is 6.17. The minimum atomic E-state index is 0.676. The van der Waals surface area contributed by atoms with E-state index in [1.54, 1.807) is 0 Å². The minimum absolute atomic E-state index is 0.676. The molecule has 0 aromatic heterocycles.